The molecule has 3 aliphatic rings. The van der Waals surface area contributed by atoms with Crippen molar-refractivity contribution in [2.75, 3.05) is 13.2 Å². The number of nitrogens with one attached hydrogen (secondary N) is 1. The van der Waals surface area contributed by atoms with Crippen LogP contribution >= 0.6 is 11.3 Å². The molecule has 12 heteroatoms. The van der Waals surface area contributed by atoms with Gasteiger partial charge < -0.3 is 20.1 Å². The smallest absolute Gasteiger partial charge is 0.305 e. The van der Waals surface area contributed by atoms with Crippen LogP contribution in [0.3, 0.4) is 0 Å². The van der Waals surface area contributed by atoms with E-state index in [4.69, 9.17) is 4.74 Å². The Bertz CT molecular complexity index is 1490. The highest BCUT2D eigenvalue weighted by Gasteiger charge is 2.48. The van der Waals surface area contributed by atoms with Gasteiger partial charge in [-0.25, -0.2) is 9.67 Å². The third kappa shape index (κ3) is 5.45. The molecule has 1 saturated carbocycles. The monoisotopic (exact) mass is 592 g/mol. The summed E-state index contributed by atoms with van der Waals surface area (Å²) in [6.45, 7) is 7.08. The Balaban J connectivity index is 1.23. The number of hydrogen-bond donors (Lipinski definition) is 2. The summed E-state index contributed by atoms with van der Waals surface area (Å²) in [5.74, 6) is -1.19. The van der Waals surface area contributed by atoms with Crippen LogP contribution in [-0.2, 0) is 25.7 Å². The molecule has 2 N–H and O–H groups in total. The minimum absolute atomic E-state index is 0.185. The van der Waals surface area contributed by atoms with Crippen LogP contribution in [0.25, 0.3) is 10.4 Å². The van der Waals surface area contributed by atoms with Gasteiger partial charge in [0.05, 0.1) is 53.1 Å². The largest absolute Gasteiger partial charge is 0.481 e. The van der Waals surface area contributed by atoms with Crippen molar-refractivity contribution in [1.82, 2.24) is 30.2 Å². The molecule has 4 heterocycles. The predicted molar refractivity (Wildman–Crippen MR) is 155 cm³/mol. The highest BCUT2D eigenvalue weighted by molar-refractivity contribution is 7.13. The first kappa shape index (κ1) is 28.5. The predicted octanol–water partition coefficient (Wildman–Crippen LogP) is 4.01. The maximum atomic E-state index is 14.3. The zero-order chi connectivity index (χ0) is 29.6. The number of carboxylic acids is 1. The molecule has 1 aliphatic carbocycles. The van der Waals surface area contributed by atoms with E-state index in [1.54, 1.807) is 26.4 Å². The van der Waals surface area contributed by atoms with Gasteiger partial charge in [0, 0.05) is 17.9 Å². The normalized spacial score (nSPS) is 22.3. The van der Waals surface area contributed by atoms with Gasteiger partial charge >= 0.3 is 5.97 Å². The molecule has 3 aromatic rings. The zero-order valence-electron chi connectivity index (χ0n) is 24.1. The maximum absolute atomic E-state index is 14.3. The number of aliphatic carboxylic acids is 1. The van der Waals surface area contributed by atoms with Crippen LogP contribution in [0.15, 0.2) is 29.8 Å². The SMILES string of the molecule is Cc1ncsc1-c1ccc(C(CC(=O)O)NC(=O)C2CCCN2C(=O)C2n3nnc(C4CC4)c3COCC2(C)C)cc1. The van der Waals surface area contributed by atoms with Crippen LogP contribution in [0.4, 0.5) is 0 Å². The van der Waals surface area contributed by atoms with Crippen molar-refractivity contribution >= 4 is 29.1 Å². The summed E-state index contributed by atoms with van der Waals surface area (Å²) < 4.78 is 7.73. The third-order valence-corrected chi connectivity index (χ3v) is 9.55. The van der Waals surface area contributed by atoms with E-state index in [1.807, 2.05) is 45.0 Å². The molecule has 2 fully saturated rings. The fraction of sp³-hybridized carbons (Fsp3) is 0.533. The van der Waals surface area contributed by atoms with Gasteiger partial charge in [0.25, 0.3) is 0 Å². The lowest BCUT2D eigenvalue weighted by atomic mass is 9.84. The molecule has 3 atom stereocenters. The molecule has 1 aromatic carbocycles. The van der Waals surface area contributed by atoms with Crippen molar-refractivity contribution < 1.29 is 24.2 Å². The van der Waals surface area contributed by atoms with E-state index < -0.39 is 29.5 Å². The standard InChI is InChI=1S/C30H36N6O5S/c1-17-26(42-16-31-17)20-10-6-18(7-11-20)21(13-24(37)38)32-28(39)22-5-4-12-35(22)29(40)27-30(2,3)15-41-14-23-25(19-8-9-19)33-34-36(23)27/h6-7,10-11,16,19,21-22,27H,4-5,8-9,12-15H2,1-3H3,(H,32,39)(H,37,38). The lowest BCUT2D eigenvalue weighted by molar-refractivity contribution is -0.145. The highest BCUT2D eigenvalue weighted by atomic mass is 32.1. The van der Waals surface area contributed by atoms with Crippen LogP contribution < -0.4 is 5.32 Å². The third-order valence-electron chi connectivity index (χ3n) is 8.57. The van der Waals surface area contributed by atoms with Crippen molar-refractivity contribution in [2.45, 2.75) is 83.5 Å². The summed E-state index contributed by atoms with van der Waals surface area (Å²) in [6.07, 6.45) is 3.03. The van der Waals surface area contributed by atoms with Crippen LogP contribution in [0.5, 0.6) is 0 Å². The number of fused-ring (bicyclic) bond motifs is 1. The van der Waals surface area contributed by atoms with Gasteiger partial charge in [-0.1, -0.05) is 43.3 Å². The average molecular weight is 593 g/mol. The second-order valence-corrected chi connectivity index (χ2v) is 13.1. The lowest BCUT2D eigenvalue weighted by Crippen LogP contribution is -2.51. The van der Waals surface area contributed by atoms with E-state index >= 15 is 0 Å². The van der Waals surface area contributed by atoms with Crippen molar-refractivity contribution in [3.8, 4) is 10.4 Å². The van der Waals surface area contributed by atoms with Crippen LogP contribution in [0.1, 0.15) is 86.6 Å². The van der Waals surface area contributed by atoms with E-state index in [9.17, 15) is 19.5 Å². The molecule has 2 aromatic heterocycles. The van der Waals surface area contributed by atoms with Crippen LogP contribution in [-0.4, -0.2) is 67.0 Å². The number of carboxylic acid groups (broad SMARTS) is 1. The fourth-order valence-corrected chi connectivity index (χ4v) is 7.02. The Morgan fingerprint density at radius 1 is 1.19 bits per heavy atom. The number of carbonyl (C=O) groups excluding carboxylic acids is 2. The minimum atomic E-state index is -1.02. The molecule has 0 bridgehead atoms. The number of ether oxygens (including phenoxy) is 1. The number of nitrogens with zero attached hydrogens (tertiary/aromatic N) is 5. The van der Waals surface area contributed by atoms with Gasteiger partial charge in [-0.3, -0.25) is 14.4 Å². The molecule has 0 radical (unpaired) electrons. The highest BCUT2D eigenvalue weighted by Crippen LogP contribution is 2.44. The Morgan fingerprint density at radius 3 is 2.62 bits per heavy atom. The van der Waals surface area contributed by atoms with E-state index in [0.717, 1.165) is 40.4 Å². The molecule has 3 unspecified atom stereocenters. The van der Waals surface area contributed by atoms with Crippen molar-refractivity contribution in [2.24, 2.45) is 5.41 Å². The summed E-state index contributed by atoms with van der Waals surface area (Å²) in [5.41, 5.74) is 5.58. The van der Waals surface area contributed by atoms with Crippen LogP contribution in [0.2, 0.25) is 0 Å². The van der Waals surface area contributed by atoms with Gasteiger partial charge in [-0.05, 0) is 43.7 Å². The number of thiazole rings is 1. The van der Waals surface area contributed by atoms with Crippen molar-refractivity contribution in [1.29, 1.82) is 0 Å². The molecule has 222 valence electrons. The first-order chi connectivity index (χ1) is 20.1. The minimum Gasteiger partial charge on any atom is -0.481 e. The Kier molecular flexibility index (Phi) is 7.61. The van der Waals surface area contributed by atoms with Gasteiger partial charge in [-0.2, -0.15) is 0 Å². The molecule has 0 spiro atoms. The quantitative estimate of drug-likeness (QED) is 0.400. The zero-order valence-corrected chi connectivity index (χ0v) is 24.9. The van der Waals surface area contributed by atoms with E-state index in [1.165, 1.54) is 0 Å². The fourth-order valence-electron chi connectivity index (χ4n) is 6.21. The molecule has 6 rings (SSSR count). The molecule has 2 amide bonds. The number of rotatable bonds is 8. The number of amides is 2. The van der Waals surface area contributed by atoms with E-state index in [2.05, 4.69) is 20.6 Å². The van der Waals surface area contributed by atoms with Crippen molar-refractivity contribution in [3.63, 3.8) is 0 Å². The van der Waals surface area contributed by atoms with Crippen LogP contribution in [0, 0.1) is 12.3 Å². The van der Waals surface area contributed by atoms with Gasteiger partial charge in [0.1, 0.15) is 12.1 Å². The molecule has 11 nitrogen and oxygen atoms in total. The second-order valence-electron chi connectivity index (χ2n) is 12.3. The summed E-state index contributed by atoms with van der Waals surface area (Å²) in [5, 5.41) is 21.5. The van der Waals surface area contributed by atoms with Crippen molar-refractivity contribution in [3.05, 3.63) is 52.4 Å². The molecular weight excluding hydrogens is 556 g/mol. The first-order valence-corrected chi connectivity index (χ1v) is 15.4. The number of aryl methyl sites for hydroxylation is 1. The van der Waals surface area contributed by atoms with E-state index in [-0.39, 0.29) is 18.2 Å². The molecule has 42 heavy (non-hydrogen) atoms. The summed E-state index contributed by atoms with van der Waals surface area (Å²) in [6, 6.07) is 5.42. The Morgan fingerprint density at radius 2 is 1.95 bits per heavy atom. The topological polar surface area (TPSA) is 140 Å². The number of benzene rings is 1. The number of likely N-dealkylation sites (tertiary alicyclic amines) is 1. The van der Waals surface area contributed by atoms with Gasteiger partial charge in [0.15, 0.2) is 0 Å². The first-order valence-electron chi connectivity index (χ1n) is 14.5. The summed E-state index contributed by atoms with van der Waals surface area (Å²) in [4.78, 5) is 46.8. The average Bonchev–Trinajstić information content (AvgIpc) is 3.34. The number of aromatic nitrogens is 4. The Hall–Kier alpha value is -3.64. The number of hydrogen-bond acceptors (Lipinski definition) is 8. The lowest BCUT2D eigenvalue weighted by Gasteiger charge is -2.36. The molecule has 2 aliphatic heterocycles. The molecule has 1 saturated heterocycles. The molecular formula is C30H36N6O5S. The number of carbonyl (C=O) groups is 3. The van der Waals surface area contributed by atoms with Gasteiger partial charge in [0.2, 0.25) is 11.8 Å². The van der Waals surface area contributed by atoms with E-state index in [0.29, 0.717) is 44.1 Å². The maximum Gasteiger partial charge on any atom is 0.305 e. The second kappa shape index (κ2) is 11.2. The Labute approximate surface area is 248 Å². The summed E-state index contributed by atoms with van der Waals surface area (Å²) in [7, 11) is 0. The summed E-state index contributed by atoms with van der Waals surface area (Å²) >= 11 is 1.54. The van der Waals surface area contributed by atoms with Gasteiger partial charge in [-0.15, -0.1) is 16.4 Å².